The van der Waals surface area contributed by atoms with E-state index in [0.29, 0.717) is 13.1 Å². The zero-order chi connectivity index (χ0) is 17.5. The molecule has 3 rings (SSSR count). The number of hydrogen-bond donors (Lipinski definition) is 1. The van der Waals surface area contributed by atoms with Crippen molar-refractivity contribution in [2.75, 3.05) is 26.7 Å². The lowest BCUT2D eigenvalue weighted by Gasteiger charge is -2.38. The Balaban J connectivity index is 1.55. The number of likely N-dealkylation sites (tertiary alicyclic amines) is 1. The standard InChI is InChI=1S/C14H21N5O5/c1-14(9-18-7-11(19(22)23)15-12(18)24-14)8-17-5-3-10(4-6-17)16(2)13(20)21/h7,10H,3-6,8-9H2,1-2H3,(H,20,21). The Morgan fingerprint density at radius 1 is 1.58 bits per heavy atom. The summed E-state index contributed by atoms with van der Waals surface area (Å²) in [4.78, 5) is 28.7. The average molecular weight is 339 g/mol. The number of carboxylic acid groups (broad SMARTS) is 1. The molecule has 24 heavy (non-hydrogen) atoms. The minimum absolute atomic E-state index is 0.0501. The highest BCUT2D eigenvalue weighted by atomic mass is 16.6. The summed E-state index contributed by atoms with van der Waals surface area (Å²) in [6.45, 7) is 4.74. The fourth-order valence-corrected chi connectivity index (χ4v) is 3.46. The van der Waals surface area contributed by atoms with Crippen LogP contribution in [0.2, 0.25) is 0 Å². The van der Waals surface area contributed by atoms with E-state index in [2.05, 4.69) is 9.88 Å². The van der Waals surface area contributed by atoms with Crippen LogP contribution in [0, 0.1) is 10.1 Å². The van der Waals surface area contributed by atoms with Crippen LogP contribution in [0.25, 0.3) is 0 Å². The van der Waals surface area contributed by atoms with Crippen LogP contribution < -0.4 is 4.74 Å². The molecule has 0 radical (unpaired) electrons. The molecule has 10 heteroatoms. The molecule has 2 aliphatic rings. The number of fused-ring (bicyclic) bond motifs is 1. The van der Waals surface area contributed by atoms with Gasteiger partial charge in [0, 0.05) is 37.7 Å². The predicted molar refractivity (Wildman–Crippen MR) is 83.2 cm³/mol. The third-order valence-electron chi connectivity index (χ3n) is 4.72. The van der Waals surface area contributed by atoms with Crippen molar-refractivity contribution in [1.29, 1.82) is 0 Å². The molecule has 1 atom stereocenters. The Bertz CT molecular complexity index is 628. The molecule has 132 valence electrons. The second kappa shape index (κ2) is 5.93. The highest BCUT2D eigenvalue weighted by molar-refractivity contribution is 5.64. The second-order valence-electron chi connectivity index (χ2n) is 6.72. The molecule has 1 saturated heterocycles. The van der Waals surface area contributed by atoms with Crippen LogP contribution in [0.1, 0.15) is 19.8 Å². The van der Waals surface area contributed by atoms with Crippen molar-refractivity contribution in [2.45, 2.75) is 38.0 Å². The van der Waals surface area contributed by atoms with E-state index in [9.17, 15) is 14.9 Å². The van der Waals surface area contributed by atoms with Crippen molar-refractivity contribution >= 4 is 11.9 Å². The maximum atomic E-state index is 11.0. The molecule has 1 aromatic rings. The second-order valence-corrected chi connectivity index (χ2v) is 6.72. The molecule has 3 heterocycles. The van der Waals surface area contributed by atoms with Crippen molar-refractivity contribution < 1.29 is 19.6 Å². The lowest BCUT2D eigenvalue weighted by atomic mass is 10.0. The van der Waals surface area contributed by atoms with Gasteiger partial charge in [0.25, 0.3) is 0 Å². The lowest BCUT2D eigenvalue weighted by Crippen LogP contribution is -2.50. The molecular weight excluding hydrogens is 318 g/mol. The first-order valence-corrected chi connectivity index (χ1v) is 7.86. The van der Waals surface area contributed by atoms with Gasteiger partial charge in [-0.1, -0.05) is 0 Å². The number of amides is 1. The highest BCUT2D eigenvalue weighted by Crippen LogP contribution is 2.32. The van der Waals surface area contributed by atoms with Gasteiger partial charge >= 0.3 is 17.9 Å². The van der Waals surface area contributed by atoms with Crippen LogP contribution >= 0.6 is 0 Å². The van der Waals surface area contributed by atoms with Crippen molar-refractivity contribution in [3.8, 4) is 6.01 Å². The molecule has 0 spiro atoms. The molecule has 10 nitrogen and oxygen atoms in total. The number of aromatic nitrogens is 2. The van der Waals surface area contributed by atoms with Gasteiger partial charge in [0.15, 0.2) is 0 Å². The summed E-state index contributed by atoms with van der Waals surface area (Å²) in [7, 11) is 1.61. The van der Waals surface area contributed by atoms with Gasteiger partial charge in [0.1, 0.15) is 11.8 Å². The summed E-state index contributed by atoms with van der Waals surface area (Å²) in [5, 5.41) is 19.8. The van der Waals surface area contributed by atoms with Crippen LogP contribution in [-0.2, 0) is 6.54 Å². The number of hydrogen-bond acceptors (Lipinski definition) is 6. The van der Waals surface area contributed by atoms with Gasteiger partial charge in [-0.2, -0.15) is 0 Å². The Labute approximate surface area is 138 Å². The molecule has 1 unspecified atom stereocenters. The van der Waals surface area contributed by atoms with E-state index in [0.717, 1.165) is 25.9 Å². The van der Waals surface area contributed by atoms with Crippen LogP contribution in [0.3, 0.4) is 0 Å². The van der Waals surface area contributed by atoms with Crippen LogP contribution in [0.15, 0.2) is 6.20 Å². The van der Waals surface area contributed by atoms with Gasteiger partial charge < -0.3 is 24.9 Å². The van der Waals surface area contributed by atoms with Crippen molar-refractivity contribution in [3.05, 3.63) is 16.3 Å². The Hall–Kier alpha value is -2.36. The predicted octanol–water partition coefficient (Wildman–Crippen LogP) is 1.02. The lowest BCUT2D eigenvalue weighted by molar-refractivity contribution is -0.389. The van der Waals surface area contributed by atoms with Gasteiger partial charge in [0.05, 0.1) is 6.54 Å². The number of imidazole rings is 1. The highest BCUT2D eigenvalue weighted by Gasteiger charge is 2.42. The maximum absolute atomic E-state index is 11.0. The largest absolute Gasteiger partial charge is 0.465 e. The summed E-state index contributed by atoms with van der Waals surface area (Å²) >= 11 is 0. The first-order valence-electron chi connectivity index (χ1n) is 7.86. The maximum Gasteiger partial charge on any atom is 0.415 e. The first kappa shape index (κ1) is 16.5. The fraction of sp³-hybridized carbons (Fsp3) is 0.714. The SMILES string of the molecule is CN(C(=O)O)C1CCN(CC2(C)Cn3cc([N+](=O)[O-])nc3O2)CC1. The molecule has 2 aliphatic heterocycles. The Kier molecular flexibility index (Phi) is 4.08. The fourth-order valence-electron chi connectivity index (χ4n) is 3.46. The van der Waals surface area contributed by atoms with Crippen LogP contribution in [0.5, 0.6) is 6.01 Å². The van der Waals surface area contributed by atoms with E-state index in [1.165, 1.54) is 11.1 Å². The van der Waals surface area contributed by atoms with Crippen LogP contribution in [0.4, 0.5) is 10.6 Å². The summed E-state index contributed by atoms with van der Waals surface area (Å²) in [6, 6.07) is 0.332. The van der Waals surface area contributed by atoms with Gasteiger partial charge in [-0.15, -0.1) is 0 Å². The molecule has 1 fully saturated rings. The topological polar surface area (TPSA) is 114 Å². The number of piperidine rings is 1. The summed E-state index contributed by atoms with van der Waals surface area (Å²) in [6.07, 6.45) is 2.07. The minimum Gasteiger partial charge on any atom is -0.465 e. The zero-order valence-corrected chi connectivity index (χ0v) is 13.7. The third kappa shape index (κ3) is 3.14. The van der Waals surface area contributed by atoms with Gasteiger partial charge in [-0.3, -0.25) is 9.47 Å². The van der Waals surface area contributed by atoms with E-state index in [1.54, 1.807) is 11.6 Å². The van der Waals surface area contributed by atoms with Crippen molar-refractivity contribution in [1.82, 2.24) is 19.4 Å². The minimum atomic E-state index is -0.897. The monoisotopic (exact) mass is 339 g/mol. The number of nitro groups is 1. The Morgan fingerprint density at radius 2 is 2.25 bits per heavy atom. The molecule has 1 N–H and O–H groups in total. The molecule has 0 aliphatic carbocycles. The van der Waals surface area contributed by atoms with Crippen molar-refractivity contribution in [3.63, 3.8) is 0 Å². The van der Waals surface area contributed by atoms with Gasteiger partial charge in [-0.25, -0.2) is 4.79 Å². The van der Waals surface area contributed by atoms with Crippen molar-refractivity contribution in [2.24, 2.45) is 0 Å². The average Bonchev–Trinajstić information content (AvgIpc) is 3.02. The van der Waals surface area contributed by atoms with Gasteiger partial charge in [-0.05, 0) is 24.7 Å². The molecule has 1 aromatic heterocycles. The summed E-state index contributed by atoms with van der Waals surface area (Å²) in [5.74, 6) is -0.204. The smallest absolute Gasteiger partial charge is 0.415 e. The first-order chi connectivity index (χ1) is 11.3. The third-order valence-corrected chi connectivity index (χ3v) is 4.72. The molecule has 0 saturated carbocycles. The van der Waals surface area contributed by atoms with Crippen LogP contribution in [-0.4, -0.2) is 73.8 Å². The normalized spacial score (nSPS) is 24.4. The molecule has 1 amide bonds. The van der Waals surface area contributed by atoms with E-state index in [4.69, 9.17) is 9.84 Å². The van der Waals surface area contributed by atoms with E-state index >= 15 is 0 Å². The van der Waals surface area contributed by atoms with E-state index in [1.807, 2.05) is 6.92 Å². The van der Waals surface area contributed by atoms with E-state index in [-0.39, 0.29) is 17.9 Å². The molecular formula is C14H21N5O5. The van der Waals surface area contributed by atoms with E-state index < -0.39 is 16.6 Å². The summed E-state index contributed by atoms with van der Waals surface area (Å²) < 4.78 is 7.51. The number of ether oxygens (including phenoxy) is 1. The molecule has 0 bridgehead atoms. The quantitative estimate of drug-likeness (QED) is 0.643. The van der Waals surface area contributed by atoms with Gasteiger partial charge in [0.2, 0.25) is 0 Å². The number of carbonyl (C=O) groups is 1. The Morgan fingerprint density at radius 3 is 2.79 bits per heavy atom. The summed E-state index contributed by atoms with van der Waals surface area (Å²) in [5.41, 5.74) is -0.483. The number of nitrogens with zero attached hydrogens (tertiary/aromatic N) is 5. The number of rotatable bonds is 4. The molecule has 0 aromatic carbocycles. The zero-order valence-electron chi connectivity index (χ0n) is 13.7.